The molecule has 4 nitrogen and oxygen atoms in total. The van der Waals surface area contributed by atoms with Crippen LogP contribution < -0.4 is 10.5 Å². The predicted octanol–water partition coefficient (Wildman–Crippen LogP) is 1.41. The van der Waals surface area contributed by atoms with Crippen molar-refractivity contribution in [2.24, 2.45) is 5.73 Å². The van der Waals surface area contributed by atoms with Gasteiger partial charge >= 0.3 is 0 Å². The zero-order valence-electron chi connectivity index (χ0n) is 10.2. The van der Waals surface area contributed by atoms with Crippen molar-refractivity contribution in [2.45, 2.75) is 12.7 Å². The van der Waals surface area contributed by atoms with Crippen molar-refractivity contribution in [3.63, 3.8) is 0 Å². The van der Waals surface area contributed by atoms with Crippen LogP contribution in [0.4, 0.5) is 0 Å². The summed E-state index contributed by atoms with van der Waals surface area (Å²) in [4.78, 5) is 0. The lowest BCUT2D eigenvalue weighted by Gasteiger charge is -2.30. The second-order valence-electron chi connectivity index (χ2n) is 3.55. The highest BCUT2D eigenvalue weighted by Crippen LogP contribution is 2.28. The number of aryl methyl sites for hydroxylation is 1. The fraction of sp³-hybridized carbons (Fsp3) is 0.500. The number of hydrogen-bond donors (Lipinski definition) is 1. The van der Waals surface area contributed by atoms with E-state index in [4.69, 9.17) is 19.9 Å². The molecular formula is C12H19NO3. The highest BCUT2D eigenvalue weighted by atomic mass is 16.7. The van der Waals surface area contributed by atoms with Gasteiger partial charge < -0.3 is 19.9 Å². The lowest BCUT2D eigenvalue weighted by Crippen LogP contribution is -2.39. The van der Waals surface area contributed by atoms with Crippen LogP contribution in [0.1, 0.15) is 11.1 Å². The number of nitrogens with two attached hydrogens (primary N) is 1. The highest BCUT2D eigenvalue weighted by Gasteiger charge is 2.30. The van der Waals surface area contributed by atoms with E-state index in [1.54, 1.807) is 21.3 Å². The Kier molecular flexibility index (Phi) is 4.29. The van der Waals surface area contributed by atoms with Crippen LogP contribution in [0.5, 0.6) is 5.75 Å². The van der Waals surface area contributed by atoms with Gasteiger partial charge in [-0.2, -0.15) is 0 Å². The minimum atomic E-state index is -0.878. The van der Waals surface area contributed by atoms with E-state index >= 15 is 0 Å². The normalized spacial score (nSPS) is 11.6. The third-order valence-electron chi connectivity index (χ3n) is 2.76. The number of methoxy groups -OCH3 is 3. The Balaban J connectivity index is 3.16. The molecule has 4 heteroatoms. The molecule has 1 aromatic carbocycles. The van der Waals surface area contributed by atoms with Crippen molar-refractivity contribution < 1.29 is 14.2 Å². The van der Waals surface area contributed by atoms with Gasteiger partial charge in [0.1, 0.15) is 5.75 Å². The zero-order valence-corrected chi connectivity index (χ0v) is 10.2. The molecule has 16 heavy (non-hydrogen) atoms. The van der Waals surface area contributed by atoms with Gasteiger partial charge in [-0.15, -0.1) is 0 Å². The van der Waals surface area contributed by atoms with E-state index in [2.05, 4.69) is 0 Å². The van der Waals surface area contributed by atoms with Crippen LogP contribution >= 0.6 is 0 Å². The van der Waals surface area contributed by atoms with Crippen molar-refractivity contribution in [1.29, 1.82) is 0 Å². The molecule has 0 saturated heterocycles. The summed E-state index contributed by atoms with van der Waals surface area (Å²) in [6.07, 6.45) is 0. The van der Waals surface area contributed by atoms with E-state index in [0.717, 1.165) is 16.9 Å². The average molecular weight is 225 g/mol. The first kappa shape index (κ1) is 13.0. The van der Waals surface area contributed by atoms with Gasteiger partial charge in [-0.3, -0.25) is 0 Å². The Morgan fingerprint density at radius 1 is 1.19 bits per heavy atom. The quantitative estimate of drug-likeness (QED) is 0.770. The molecule has 0 aliphatic carbocycles. The Labute approximate surface area is 96.3 Å². The van der Waals surface area contributed by atoms with Gasteiger partial charge in [0.25, 0.3) is 0 Å². The molecule has 0 spiro atoms. The average Bonchev–Trinajstić information content (AvgIpc) is 2.32. The second-order valence-corrected chi connectivity index (χ2v) is 3.55. The van der Waals surface area contributed by atoms with Crippen LogP contribution in [-0.4, -0.2) is 27.9 Å². The van der Waals surface area contributed by atoms with Gasteiger partial charge in [0.15, 0.2) is 0 Å². The predicted molar refractivity (Wildman–Crippen MR) is 62.5 cm³/mol. The first-order chi connectivity index (χ1) is 7.63. The van der Waals surface area contributed by atoms with E-state index in [9.17, 15) is 0 Å². The van der Waals surface area contributed by atoms with Gasteiger partial charge in [-0.1, -0.05) is 0 Å². The summed E-state index contributed by atoms with van der Waals surface area (Å²) in [6, 6.07) is 5.73. The first-order valence-corrected chi connectivity index (χ1v) is 5.09. The number of benzene rings is 1. The van der Waals surface area contributed by atoms with Crippen LogP contribution in [0.3, 0.4) is 0 Å². The summed E-state index contributed by atoms with van der Waals surface area (Å²) in [5, 5.41) is 0. The lowest BCUT2D eigenvalue weighted by molar-refractivity contribution is -0.207. The van der Waals surface area contributed by atoms with E-state index in [1.807, 2.05) is 25.1 Å². The molecule has 0 amide bonds. The van der Waals surface area contributed by atoms with Crippen LogP contribution in [0, 0.1) is 6.92 Å². The summed E-state index contributed by atoms with van der Waals surface area (Å²) >= 11 is 0. The van der Waals surface area contributed by atoms with Crippen LogP contribution in [0.25, 0.3) is 0 Å². The van der Waals surface area contributed by atoms with Crippen molar-refractivity contribution in [1.82, 2.24) is 0 Å². The SMILES string of the molecule is COc1ccc(C(CN)(OC)OC)cc1C. The smallest absolute Gasteiger partial charge is 0.207 e. The monoisotopic (exact) mass is 225 g/mol. The minimum Gasteiger partial charge on any atom is -0.496 e. The summed E-state index contributed by atoms with van der Waals surface area (Å²) in [5.74, 6) is -0.0429. The van der Waals surface area contributed by atoms with Gasteiger partial charge in [0.05, 0.1) is 13.7 Å². The lowest BCUT2D eigenvalue weighted by atomic mass is 10.0. The molecular weight excluding hydrogens is 206 g/mol. The standard InChI is InChI=1S/C12H19NO3/c1-9-7-10(5-6-11(9)14-2)12(8-13,15-3)16-4/h5-7H,8,13H2,1-4H3. The van der Waals surface area contributed by atoms with Crippen LogP contribution in [-0.2, 0) is 15.3 Å². The Morgan fingerprint density at radius 3 is 2.19 bits per heavy atom. The molecule has 0 aliphatic heterocycles. The Bertz CT molecular complexity index is 340. The summed E-state index contributed by atoms with van der Waals surface area (Å²) in [5.41, 5.74) is 7.61. The summed E-state index contributed by atoms with van der Waals surface area (Å²) < 4.78 is 15.9. The number of rotatable bonds is 5. The van der Waals surface area contributed by atoms with E-state index < -0.39 is 5.79 Å². The largest absolute Gasteiger partial charge is 0.496 e. The topological polar surface area (TPSA) is 53.7 Å². The second kappa shape index (κ2) is 5.30. The van der Waals surface area contributed by atoms with E-state index in [0.29, 0.717) is 0 Å². The minimum absolute atomic E-state index is 0.256. The maximum absolute atomic E-state index is 5.70. The maximum atomic E-state index is 5.70. The van der Waals surface area contributed by atoms with Gasteiger partial charge in [-0.25, -0.2) is 0 Å². The van der Waals surface area contributed by atoms with Crippen molar-refractivity contribution in [2.75, 3.05) is 27.9 Å². The van der Waals surface area contributed by atoms with Gasteiger partial charge in [-0.05, 0) is 30.7 Å². The van der Waals surface area contributed by atoms with E-state index in [1.165, 1.54) is 0 Å². The van der Waals surface area contributed by atoms with Crippen LogP contribution in [0.2, 0.25) is 0 Å². The fourth-order valence-electron chi connectivity index (χ4n) is 1.72. The molecule has 1 rings (SSSR count). The molecule has 2 N–H and O–H groups in total. The molecule has 0 atom stereocenters. The Morgan fingerprint density at radius 2 is 1.81 bits per heavy atom. The molecule has 0 unspecified atom stereocenters. The fourth-order valence-corrected chi connectivity index (χ4v) is 1.72. The number of ether oxygens (including phenoxy) is 3. The molecule has 0 fully saturated rings. The molecule has 0 saturated carbocycles. The van der Waals surface area contributed by atoms with Crippen LogP contribution in [0.15, 0.2) is 18.2 Å². The van der Waals surface area contributed by atoms with Crippen molar-refractivity contribution in [3.8, 4) is 5.75 Å². The molecule has 0 aromatic heterocycles. The molecule has 0 heterocycles. The van der Waals surface area contributed by atoms with Crippen molar-refractivity contribution in [3.05, 3.63) is 29.3 Å². The molecule has 0 radical (unpaired) electrons. The molecule has 90 valence electrons. The molecule has 0 bridgehead atoms. The summed E-state index contributed by atoms with van der Waals surface area (Å²) in [7, 11) is 4.80. The Hall–Kier alpha value is -1.10. The third-order valence-corrected chi connectivity index (χ3v) is 2.76. The summed E-state index contributed by atoms with van der Waals surface area (Å²) in [6.45, 7) is 2.22. The molecule has 0 aliphatic rings. The van der Waals surface area contributed by atoms with Gasteiger partial charge in [0, 0.05) is 19.8 Å². The third kappa shape index (κ3) is 2.19. The highest BCUT2D eigenvalue weighted by molar-refractivity contribution is 5.38. The zero-order chi connectivity index (χ0) is 12.2. The van der Waals surface area contributed by atoms with E-state index in [-0.39, 0.29) is 6.54 Å². The first-order valence-electron chi connectivity index (χ1n) is 5.09. The van der Waals surface area contributed by atoms with Gasteiger partial charge in [0.2, 0.25) is 5.79 Å². The number of hydrogen-bond acceptors (Lipinski definition) is 4. The molecule has 1 aromatic rings. The van der Waals surface area contributed by atoms with Crippen molar-refractivity contribution >= 4 is 0 Å². The maximum Gasteiger partial charge on any atom is 0.207 e.